The van der Waals surface area contributed by atoms with Crippen molar-refractivity contribution in [3.8, 4) is 5.75 Å². The lowest BCUT2D eigenvalue weighted by molar-refractivity contribution is -0.133. The summed E-state index contributed by atoms with van der Waals surface area (Å²) in [6, 6.07) is 37.7. The molecule has 214 valence electrons. The average Bonchev–Trinajstić information content (AvgIpc) is 3.41. The van der Waals surface area contributed by atoms with Gasteiger partial charge >= 0.3 is 0 Å². The molecule has 0 radical (unpaired) electrons. The lowest BCUT2D eigenvalue weighted by atomic mass is 9.87. The molecular formula is C37H39N3O2. The zero-order valence-corrected chi connectivity index (χ0v) is 24.4. The number of fused-ring (bicyclic) bond motifs is 1. The number of piperazine rings is 1. The largest absolute Gasteiger partial charge is 0.489 e. The summed E-state index contributed by atoms with van der Waals surface area (Å²) in [4.78, 5) is 18.3. The van der Waals surface area contributed by atoms with Crippen LogP contribution in [0.1, 0.15) is 41.5 Å². The Morgan fingerprint density at radius 3 is 2.21 bits per heavy atom. The van der Waals surface area contributed by atoms with Crippen LogP contribution in [0.2, 0.25) is 0 Å². The molecule has 5 aromatic rings. The van der Waals surface area contributed by atoms with Crippen molar-refractivity contribution < 1.29 is 9.53 Å². The second-order valence-corrected chi connectivity index (χ2v) is 11.1. The van der Waals surface area contributed by atoms with Crippen LogP contribution in [-0.4, -0.2) is 53.0 Å². The summed E-state index contributed by atoms with van der Waals surface area (Å²) in [6.07, 6.45) is 2.69. The van der Waals surface area contributed by atoms with E-state index in [2.05, 4.69) is 112 Å². The van der Waals surface area contributed by atoms with Gasteiger partial charge in [0.05, 0.1) is 0 Å². The Bertz CT molecular complexity index is 1600. The van der Waals surface area contributed by atoms with Gasteiger partial charge < -0.3 is 19.1 Å². The summed E-state index contributed by atoms with van der Waals surface area (Å²) >= 11 is 0. The van der Waals surface area contributed by atoms with E-state index in [0.717, 1.165) is 56.1 Å². The molecule has 42 heavy (non-hydrogen) atoms. The molecule has 1 aromatic heterocycles. The maximum absolute atomic E-state index is 13.8. The number of amides is 1. The molecule has 1 aliphatic heterocycles. The monoisotopic (exact) mass is 557 g/mol. The number of carbonyl (C=O) groups excluding carboxylic acids is 1. The van der Waals surface area contributed by atoms with Crippen molar-refractivity contribution >= 4 is 16.8 Å². The third-order valence-electron chi connectivity index (χ3n) is 8.45. The van der Waals surface area contributed by atoms with E-state index < -0.39 is 0 Å². The van der Waals surface area contributed by atoms with Crippen molar-refractivity contribution in [3.05, 3.63) is 138 Å². The molecule has 1 atom stereocenters. The first kappa shape index (κ1) is 27.8. The van der Waals surface area contributed by atoms with Crippen LogP contribution in [0.25, 0.3) is 10.9 Å². The van der Waals surface area contributed by atoms with Crippen LogP contribution >= 0.6 is 0 Å². The van der Waals surface area contributed by atoms with Gasteiger partial charge in [0.15, 0.2) is 0 Å². The highest BCUT2D eigenvalue weighted by Crippen LogP contribution is 2.37. The predicted octanol–water partition coefficient (Wildman–Crippen LogP) is 6.95. The Labute approximate surface area is 249 Å². The molecule has 1 aliphatic rings. The highest BCUT2D eigenvalue weighted by Gasteiger charge is 2.27. The van der Waals surface area contributed by atoms with Crippen LogP contribution in [0.5, 0.6) is 5.75 Å². The van der Waals surface area contributed by atoms with Gasteiger partial charge in [-0.05, 0) is 47.0 Å². The van der Waals surface area contributed by atoms with Crippen molar-refractivity contribution in [1.82, 2.24) is 14.4 Å². The number of benzene rings is 4. The van der Waals surface area contributed by atoms with Gasteiger partial charge in [0.2, 0.25) is 5.91 Å². The number of aromatic nitrogens is 1. The number of para-hydroxylation sites is 1. The van der Waals surface area contributed by atoms with E-state index in [9.17, 15) is 4.79 Å². The first-order chi connectivity index (χ1) is 20.7. The normalized spacial score (nSPS) is 14.6. The predicted molar refractivity (Wildman–Crippen MR) is 170 cm³/mol. The molecule has 5 heteroatoms. The SMILES string of the molecule is CCN1CCN(C(=O)C[C@@H](c2cccc(OCc3ccccc3)c2)c2cn(Cc3ccccc3)c3ccccc23)CC1. The molecule has 0 aliphatic carbocycles. The molecule has 0 spiro atoms. The van der Waals surface area contributed by atoms with Gasteiger partial charge in [-0.1, -0.05) is 97.9 Å². The molecule has 6 rings (SSSR count). The van der Waals surface area contributed by atoms with Crippen molar-refractivity contribution in [3.63, 3.8) is 0 Å². The van der Waals surface area contributed by atoms with Crippen LogP contribution in [0, 0.1) is 0 Å². The molecule has 0 N–H and O–H groups in total. The first-order valence-electron chi connectivity index (χ1n) is 15.1. The van der Waals surface area contributed by atoms with Crippen molar-refractivity contribution in [2.45, 2.75) is 32.4 Å². The molecule has 4 aromatic carbocycles. The molecule has 0 unspecified atom stereocenters. The lowest BCUT2D eigenvalue weighted by Crippen LogP contribution is -2.48. The Morgan fingerprint density at radius 1 is 0.786 bits per heavy atom. The fraction of sp³-hybridized carbons (Fsp3) is 0.270. The van der Waals surface area contributed by atoms with Crippen LogP contribution in [-0.2, 0) is 17.9 Å². The Kier molecular flexibility index (Phi) is 8.67. The maximum Gasteiger partial charge on any atom is 0.223 e. The summed E-state index contributed by atoms with van der Waals surface area (Å²) in [7, 11) is 0. The van der Waals surface area contributed by atoms with Gasteiger partial charge in [0.25, 0.3) is 0 Å². The van der Waals surface area contributed by atoms with Gasteiger partial charge in [-0.3, -0.25) is 4.79 Å². The third kappa shape index (κ3) is 6.42. The number of carbonyl (C=O) groups is 1. The highest BCUT2D eigenvalue weighted by molar-refractivity contribution is 5.87. The Balaban J connectivity index is 1.34. The van der Waals surface area contributed by atoms with Crippen LogP contribution in [0.3, 0.4) is 0 Å². The number of nitrogens with zero attached hydrogens (tertiary/aromatic N) is 3. The molecule has 0 saturated carbocycles. The van der Waals surface area contributed by atoms with E-state index in [4.69, 9.17) is 4.74 Å². The van der Waals surface area contributed by atoms with Crippen molar-refractivity contribution in [1.29, 1.82) is 0 Å². The summed E-state index contributed by atoms with van der Waals surface area (Å²) in [5.41, 5.74) is 5.85. The van der Waals surface area contributed by atoms with Crippen LogP contribution < -0.4 is 4.74 Å². The van der Waals surface area contributed by atoms with E-state index in [1.54, 1.807) is 0 Å². The average molecular weight is 558 g/mol. The quantitative estimate of drug-likeness (QED) is 0.186. The van der Waals surface area contributed by atoms with Gasteiger partial charge in [-0.25, -0.2) is 0 Å². The van der Waals surface area contributed by atoms with Gasteiger partial charge in [-0.15, -0.1) is 0 Å². The zero-order chi connectivity index (χ0) is 28.7. The number of ether oxygens (including phenoxy) is 1. The summed E-state index contributed by atoms with van der Waals surface area (Å²) in [5, 5.41) is 1.19. The van der Waals surface area contributed by atoms with E-state index in [0.29, 0.717) is 13.0 Å². The Morgan fingerprint density at radius 2 is 1.48 bits per heavy atom. The fourth-order valence-corrected chi connectivity index (χ4v) is 6.05. The number of rotatable bonds is 10. The minimum atomic E-state index is -0.0936. The minimum Gasteiger partial charge on any atom is -0.489 e. The van der Waals surface area contributed by atoms with E-state index in [1.807, 2.05) is 24.3 Å². The first-order valence-corrected chi connectivity index (χ1v) is 15.1. The van der Waals surface area contributed by atoms with Gasteiger partial charge in [0.1, 0.15) is 12.4 Å². The standard InChI is InChI=1S/C37H39N3O2/c1-2-38-20-22-39(23-21-38)37(41)25-34(31-16-11-17-32(24-31)42-28-30-14-7-4-8-15-30)35-27-40(26-29-12-5-3-6-13-29)36-19-10-9-18-33(35)36/h3-19,24,27,34H,2,20-23,25-26,28H2,1H3/t34-/m0/s1. The van der Waals surface area contributed by atoms with E-state index in [1.165, 1.54) is 22.0 Å². The molecule has 1 saturated heterocycles. The summed E-state index contributed by atoms with van der Waals surface area (Å²) in [5.74, 6) is 0.938. The number of hydrogen-bond acceptors (Lipinski definition) is 3. The van der Waals surface area contributed by atoms with Gasteiger partial charge in [-0.2, -0.15) is 0 Å². The fourth-order valence-electron chi connectivity index (χ4n) is 6.05. The molecule has 0 bridgehead atoms. The molecular weight excluding hydrogens is 518 g/mol. The molecule has 5 nitrogen and oxygen atoms in total. The maximum atomic E-state index is 13.8. The van der Waals surface area contributed by atoms with E-state index >= 15 is 0 Å². The van der Waals surface area contributed by atoms with Crippen molar-refractivity contribution in [2.75, 3.05) is 32.7 Å². The molecule has 1 amide bonds. The molecule has 2 heterocycles. The Hall–Kier alpha value is -4.35. The minimum absolute atomic E-state index is 0.0936. The highest BCUT2D eigenvalue weighted by atomic mass is 16.5. The number of likely N-dealkylation sites (N-methyl/N-ethyl adjacent to an activating group) is 1. The number of hydrogen-bond donors (Lipinski definition) is 0. The smallest absolute Gasteiger partial charge is 0.223 e. The topological polar surface area (TPSA) is 37.7 Å². The van der Waals surface area contributed by atoms with Gasteiger partial charge in [0, 0.05) is 62.2 Å². The third-order valence-corrected chi connectivity index (χ3v) is 8.45. The second-order valence-electron chi connectivity index (χ2n) is 11.1. The summed E-state index contributed by atoms with van der Waals surface area (Å²) in [6.45, 7) is 7.95. The van der Waals surface area contributed by atoms with Crippen LogP contribution in [0.15, 0.2) is 115 Å². The van der Waals surface area contributed by atoms with Crippen LogP contribution in [0.4, 0.5) is 0 Å². The zero-order valence-electron chi connectivity index (χ0n) is 24.4. The van der Waals surface area contributed by atoms with Crippen molar-refractivity contribution in [2.24, 2.45) is 0 Å². The van der Waals surface area contributed by atoms with E-state index in [-0.39, 0.29) is 11.8 Å². The lowest BCUT2D eigenvalue weighted by Gasteiger charge is -2.35. The second kappa shape index (κ2) is 13.1. The molecule has 1 fully saturated rings. The summed E-state index contributed by atoms with van der Waals surface area (Å²) < 4.78 is 8.56.